The molecule has 2 aliphatic rings. The Bertz CT molecular complexity index is 2630. The van der Waals surface area contributed by atoms with Crippen molar-refractivity contribution in [3.05, 3.63) is 0 Å². The van der Waals surface area contributed by atoms with Crippen molar-refractivity contribution in [1.82, 2.24) is 53.2 Å². The highest BCUT2D eigenvalue weighted by atomic mass is 16.7. The van der Waals surface area contributed by atoms with E-state index in [4.69, 9.17) is 42.6 Å². The second-order valence-electron chi connectivity index (χ2n) is 28.7. The maximum absolute atomic E-state index is 13.9. The Kier molecular flexibility index (Phi) is 57.2. The van der Waals surface area contributed by atoms with Gasteiger partial charge < -0.3 is 147 Å². The number of Topliss-reactive ketones (excluding diaryl/α,β-unsaturated/α-hetero) is 1. The molecule has 19 N–H and O–H groups in total. The maximum atomic E-state index is 13.9. The zero-order chi connectivity index (χ0) is 84.5. The molecular formula is C75H136N10O29. The molecule has 660 valence electrons. The number of amides is 10. The van der Waals surface area contributed by atoms with Gasteiger partial charge in [-0.25, -0.2) is 0 Å². The Balaban J connectivity index is 2.04. The van der Waals surface area contributed by atoms with Gasteiger partial charge in [-0.2, -0.15) is 0 Å². The molecule has 39 heteroatoms. The van der Waals surface area contributed by atoms with Gasteiger partial charge in [0.15, 0.2) is 18.9 Å². The quantitative estimate of drug-likeness (QED) is 0.0207. The van der Waals surface area contributed by atoms with Crippen molar-refractivity contribution < 1.29 is 141 Å². The highest BCUT2D eigenvalue weighted by Crippen LogP contribution is 2.25. The van der Waals surface area contributed by atoms with Gasteiger partial charge in [0, 0.05) is 131 Å². The van der Waals surface area contributed by atoms with Crippen LogP contribution < -0.4 is 53.2 Å². The fourth-order valence-corrected chi connectivity index (χ4v) is 12.0. The van der Waals surface area contributed by atoms with Crippen molar-refractivity contribution in [2.75, 3.05) is 125 Å². The molecule has 14 atom stereocenters. The van der Waals surface area contributed by atoms with E-state index in [1.807, 2.05) is 0 Å². The Labute approximate surface area is 668 Å². The molecule has 0 radical (unpaired) electrons. The van der Waals surface area contributed by atoms with Crippen molar-refractivity contribution in [2.45, 2.75) is 287 Å². The molecule has 0 aromatic heterocycles. The Hall–Kier alpha value is -6.35. The third-order valence-electron chi connectivity index (χ3n) is 18.3. The van der Waals surface area contributed by atoms with Crippen LogP contribution >= 0.6 is 0 Å². The third kappa shape index (κ3) is 47.8. The predicted octanol–water partition coefficient (Wildman–Crippen LogP) is -3.55. The molecule has 39 nitrogen and oxygen atoms in total. The lowest BCUT2D eigenvalue weighted by atomic mass is 9.97. The first-order valence-corrected chi connectivity index (χ1v) is 40.2. The van der Waals surface area contributed by atoms with E-state index >= 15 is 0 Å². The molecule has 0 saturated carbocycles. The van der Waals surface area contributed by atoms with Crippen LogP contribution in [0.2, 0.25) is 0 Å². The Morgan fingerprint density at radius 1 is 0.395 bits per heavy atom. The van der Waals surface area contributed by atoms with Crippen LogP contribution in [0.4, 0.5) is 0 Å². The molecule has 2 saturated heterocycles. The number of carbonyl (C=O) groups is 11. The first-order chi connectivity index (χ1) is 54.6. The summed E-state index contributed by atoms with van der Waals surface area (Å²) in [5, 5.41) is 117. The molecule has 12 unspecified atom stereocenters. The topological polar surface area (TPSA) is 573 Å². The lowest BCUT2D eigenvalue weighted by Crippen LogP contribution is -2.64. The van der Waals surface area contributed by atoms with E-state index in [0.29, 0.717) is 70.6 Å². The monoisotopic (exact) mass is 1640 g/mol. The molecule has 2 fully saturated rings. The highest BCUT2D eigenvalue weighted by Gasteiger charge is 2.47. The van der Waals surface area contributed by atoms with Gasteiger partial charge in [0.1, 0.15) is 72.2 Å². The van der Waals surface area contributed by atoms with Crippen molar-refractivity contribution in [1.29, 1.82) is 0 Å². The summed E-state index contributed by atoms with van der Waals surface area (Å²) in [6, 6.07) is -3.18. The van der Waals surface area contributed by atoms with Crippen molar-refractivity contribution in [3.63, 3.8) is 0 Å². The largest absolute Gasteiger partial charge is 0.394 e. The fraction of sp³-hybridized carbons (Fsp3) is 0.853. The number of hydrogen-bond acceptors (Lipinski definition) is 29. The smallest absolute Gasteiger partial charge is 0.222 e. The van der Waals surface area contributed by atoms with Crippen LogP contribution in [0.1, 0.15) is 195 Å². The molecule has 10 amide bonds. The predicted molar refractivity (Wildman–Crippen MR) is 408 cm³/mol. The van der Waals surface area contributed by atoms with Gasteiger partial charge in [-0.05, 0) is 84.5 Å². The number of unbranched alkanes of at least 4 members (excludes halogenated alkanes) is 10. The molecule has 0 bridgehead atoms. The van der Waals surface area contributed by atoms with Crippen LogP contribution in [0, 0.1) is 0 Å². The summed E-state index contributed by atoms with van der Waals surface area (Å²) in [6.45, 7) is 4.96. The molecule has 0 aromatic rings. The number of ether oxygens (including phenoxy) is 9. The van der Waals surface area contributed by atoms with Crippen LogP contribution in [0.25, 0.3) is 0 Å². The third-order valence-corrected chi connectivity index (χ3v) is 18.3. The second-order valence-corrected chi connectivity index (χ2v) is 28.7. The second kappa shape index (κ2) is 62.8. The zero-order valence-electron chi connectivity index (χ0n) is 67.4. The van der Waals surface area contributed by atoms with E-state index in [1.54, 1.807) is 6.92 Å². The fourth-order valence-electron chi connectivity index (χ4n) is 12.0. The summed E-state index contributed by atoms with van der Waals surface area (Å²) in [7, 11) is 0. The van der Waals surface area contributed by atoms with Gasteiger partial charge in [0.25, 0.3) is 0 Å². The Morgan fingerprint density at radius 2 is 0.737 bits per heavy atom. The summed E-state index contributed by atoms with van der Waals surface area (Å²) in [5.41, 5.74) is -1.41. The normalized spacial score (nSPS) is 21.0. The standard InChI is InChI=1S/C75H136N10O29/c1-50(90)23-12-10-8-6-7-9-11-13-27-65(101)85-75(47-106-40-28-62(98)79-34-20-31-76-59(95)24-14-17-37-109-72(55(43-86)82-52(3)92)112-56(44-87)51(2)91,48-107-41-29-63(99)80-35-21-32-77-60(96)25-15-18-38-110-73-66(83-53(4)93)70(104)68(102)57(45-88)113-73)49-108-42-30-64(100)81-36-22-33-78-61(97)26-16-19-39-111-74-67(84-54(5)94)71(105)69(103)58(46-89)114-74/h51,55-58,66-74,86-89,91,102-105H,6-49H2,1-5H3,(H,76,95)(H,77,96)(H,78,97)(H,79,98)(H,80,99)(H,81,100)(H,82,92)(H,83,93)(H,84,94)(H,85,101)/t51-,55-,56?,57?,58?,66?,67?,68?,69?,70?,71?,72?,73?,74?,75?/m0/s1. The number of ketones is 1. The van der Waals surface area contributed by atoms with Crippen LogP contribution in [0.5, 0.6) is 0 Å². The number of rotatable bonds is 68. The summed E-state index contributed by atoms with van der Waals surface area (Å²) < 4.78 is 52.2. The van der Waals surface area contributed by atoms with Gasteiger partial charge in [0.05, 0.1) is 72.2 Å². The summed E-state index contributed by atoms with van der Waals surface area (Å²) in [5.74, 6) is -3.48. The van der Waals surface area contributed by atoms with Gasteiger partial charge in [-0.15, -0.1) is 0 Å². The summed E-state index contributed by atoms with van der Waals surface area (Å²) >= 11 is 0. The van der Waals surface area contributed by atoms with Crippen LogP contribution in [0.15, 0.2) is 0 Å². The van der Waals surface area contributed by atoms with E-state index < -0.39 is 136 Å². The van der Waals surface area contributed by atoms with Crippen LogP contribution in [0.3, 0.4) is 0 Å². The number of aliphatic hydroxyl groups excluding tert-OH is 9. The van der Waals surface area contributed by atoms with E-state index in [-0.39, 0.29) is 191 Å². The van der Waals surface area contributed by atoms with Crippen LogP contribution in [-0.2, 0) is 95.4 Å². The minimum absolute atomic E-state index is 0.0631. The first kappa shape index (κ1) is 104. The van der Waals surface area contributed by atoms with Crippen LogP contribution in [-0.4, -0.2) is 327 Å². The van der Waals surface area contributed by atoms with E-state index in [9.17, 15) is 98.7 Å². The van der Waals surface area contributed by atoms with Gasteiger partial charge in [0.2, 0.25) is 59.1 Å². The maximum Gasteiger partial charge on any atom is 0.222 e. The summed E-state index contributed by atoms with van der Waals surface area (Å²) in [6.07, 6.45) is -2.37. The Morgan fingerprint density at radius 3 is 1.07 bits per heavy atom. The lowest BCUT2D eigenvalue weighted by molar-refractivity contribution is -0.270. The number of carbonyl (C=O) groups excluding carboxylic acids is 11. The molecule has 2 aliphatic heterocycles. The number of hydrogen-bond donors (Lipinski definition) is 19. The average molecular weight is 1640 g/mol. The molecule has 0 aliphatic carbocycles. The van der Waals surface area contributed by atoms with Crippen molar-refractivity contribution >= 4 is 64.9 Å². The van der Waals surface area contributed by atoms with Gasteiger partial charge in [-0.3, -0.25) is 47.9 Å². The minimum atomic E-state index is -1.46. The van der Waals surface area contributed by atoms with Gasteiger partial charge >= 0.3 is 0 Å². The zero-order valence-corrected chi connectivity index (χ0v) is 67.4. The number of nitrogens with one attached hydrogen (secondary N) is 10. The van der Waals surface area contributed by atoms with E-state index in [0.717, 1.165) is 44.9 Å². The molecular weight excluding hydrogens is 1500 g/mol. The molecule has 0 aromatic carbocycles. The van der Waals surface area contributed by atoms with E-state index in [1.165, 1.54) is 27.7 Å². The van der Waals surface area contributed by atoms with Crippen molar-refractivity contribution in [2.24, 2.45) is 0 Å². The molecule has 2 rings (SSSR count). The number of aliphatic hydroxyl groups is 9. The molecule has 2 heterocycles. The van der Waals surface area contributed by atoms with Crippen molar-refractivity contribution in [3.8, 4) is 0 Å². The van der Waals surface area contributed by atoms with Gasteiger partial charge in [-0.1, -0.05) is 38.5 Å². The first-order valence-electron chi connectivity index (χ1n) is 40.2. The van der Waals surface area contributed by atoms with E-state index in [2.05, 4.69) is 53.2 Å². The summed E-state index contributed by atoms with van der Waals surface area (Å²) in [4.78, 5) is 138. The SMILES string of the molecule is CC(=O)CCCCCCCCCCC(=O)NC(COCCC(=O)NCCCNC(=O)CCCCOC1OC(CO)C(O)C(O)C1NC(C)=O)(COCCC(=O)NCCCNC(=O)CCCCOC1OC(CO)C(O)C(O)C1NC(C)=O)COCCC(=O)NCCCNC(=O)CCCCOC(OC(CO)[C@H](C)O)[C@H](CO)NC(C)=O. The average Bonchev–Trinajstić information content (AvgIpc) is 0.765. The minimum Gasteiger partial charge on any atom is -0.394 e. The lowest BCUT2D eigenvalue weighted by Gasteiger charge is -2.42. The molecule has 114 heavy (non-hydrogen) atoms. The molecule has 0 spiro atoms. The highest BCUT2D eigenvalue weighted by molar-refractivity contribution is 5.79.